The van der Waals surface area contributed by atoms with Crippen LogP contribution in [-0.4, -0.2) is 29.1 Å². The van der Waals surface area contributed by atoms with Gasteiger partial charge in [0.25, 0.3) is 0 Å². The largest absolute Gasteiger partial charge is 0.468 e. The lowest BCUT2D eigenvalue weighted by atomic mass is 9.92. The van der Waals surface area contributed by atoms with Crippen molar-refractivity contribution in [3.05, 3.63) is 40.7 Å². The van der Waals surface area contributed by atoms with E-state index in [2.05, 4.69) is 9.88 Å². The predicted molar refractivity (Wildman–Crippen MR) is 76.4 cm³/mol. The minimum atomic E-state index is 0.216. The first kappa shape index (κ1) is 12.6. The number of furan rings is 1. The van der Waals surface area contributed by atoms with Gasteiger partial charge in [-0.2, -0.15) is 0 Å². The van der Waals surface area contributed by atoms with E-state index in [-0.39, 0.29) is 6.10 Å². The summed E-state index contributed by atoms with van der Waals surface area (Å²) >= 11 is 1.71. The summed E-state index contributed by atoms with van der Waals surface area (Å²) < 4.78 is 11.7. The molecule has 2 fully saturated rings. The van der Waals surface area contributed by atoms with Crippen LogP contribution in [0, 0.1) is 5.92 Å². The van der Waals surface area contributed by atoms with Crippen LogP contribution in [0.15, 0.2) is 34.4 Å². The summed E-state index contributed by atoms with van der Waals surface area (Å²) in [6.07, 6.45) is 6.53. The van der Waals surface area contributed by atoms with E-state index < -0.39 is 0 Å². The van der Waals surface area contributed by atoms with Gasteiger partial charge in [-0.05, 0) is 37.4 Å². The first-order valence-electron chi connectivity index (χ1n) is 7.18. The molecule has 2 saturated heterocycles. The lowest BCUT2D eigenvalue weighted by molar-refractivity contribution is -0.0107. The Labute approximate surface area is 122 Å². The Bertz CT molecular complexity index is 540. The molecular weight excluding hydrogens is 272 g/mol. The first-order chi connectivity index (χ1) is 9.88. The molecule has 106 valence electrons. The molecule has 2 aromatic rings. The maximum absolute atomic E-state index is 6.23. The number of thiazole rings is 1. The van der Waals surface area contributed by atoms with Crippen LogP contribution in [-0.2, 0) is 11.3 Å². The fourth-order valence-corrected chi connectivity index (χ4v) is 4.00. The molecule has 0 spiro atoms. The lowest BCUT2D eigenvalue weighted by Crippen LogP contribution is -2.41. The number of hydrogen-bond donors (Lipinski definition) is 0. The molecule has 4 nitrogen and oxygen atoms in total. The van der Waals surface area contributed by atoms with Crippen molar-refractivity contribution in [3.63, 3.8) is 0 Å². The third-order valence-electron chi connectivity index (χ3n) is 4.32. The number of likely N-dealkylation sites (tertiary alicyclic amines) is 1. The number of aromatic nitrogens is 1. The number of ether oxygens (including phenoxy) is 1. The molecule has 2 aromatic heterocycles. The van der Waals surface area contributed by atoms with Crippen LogP contribution in [0.4, 0.5) is 0 Å². The van der Waals surface area contributed by atoms with Gasteiger partial charge in [0.1, 0.15) is 16.9 Å². The predicted octanol–water partition coefficient (Wildman–Crippen LogP) is 3.09. The van der Waals surface area contributed by atoms with Crippen molar-refractivity contribution in [2.75, 3.05) is 13.1 Å². The fourth-order valence-electron chi connectivity index (χ4n) is 3.31. The van der Waals surface area contributed by atoms with Crippen LogP contribution in [0.25, 0.3) is 0 Å². The lowest BCUT2D eigenvalue weighted by Gasteiger charge is -2.33. The van der Waals surface area contributed by atoms with E-state index in [9.17, 15) is 0 Å². The van der Waals surface area contributed by atoms with Gasteiger partial charge in [-0.15, -0.1) is 11.3 Å². The molecule has 2 aliphatic rings. The standard InChI is InChI=1S/C15H18N2O2S/c1-2-12(18-6-1)9-17-5-3-11-8-13(19-14(11)10-17)15-16-4-7-20-15/h1-2,4,6-7,11,13-14H,3,5,8-10H2/t11-,13+,14+/m1/s1. The van der Waals surface area contributed by atoms with Gasteiger partial charge in [0.15, 0.2) is 0 Å². The van der Waals surface area contributed by atoms with E-state index in [0.29, 0.717) is 12.0 Å². The molecular formula is C15H18N2O2S. The molecule has 0 amide bonds. The van der Waals surface area contributed by atoms with Crippen LogP contribution in [0.3, 0.4) is 0 Å². The molecule has 0 aromatic carbocycles. The fraction of sp³-hybridized carbons (Fsp3) is 0.533. The maximum Gasteiger partial charge on any atom is 0.121 e. The molecule has 0 saturated carbocycles. The Morgan fingerprint density at radius 2 is 2.45 bits per heavy atom. The smallest absolute Gasteiger partial charge is 0.121 e. The van der Waals surface area contributed by atoms with Gasteiger partial charge in [0.05, 0.1) is 18.9 Å². The number of hydrogen-bond acceptors (Lipinski definition) is 5. The van der Waals surface area contributed by atoms with E-state index in [1.807, 2.05) is 23.7 Å². The average molecular weight is 290 g/mol. The zero-order valence-corrected chi connectivity index (χ0v) is 12.1. The Kier molecular flexibility index (Phi) is 3.34. The number of fused-ring (bicyclic) bond motifs is 1. The minimum Gasteiger partial charge on any atom is -0.468 e. The topological polar surface area (TPSA) is 38.5 Å². The maximum atomic E-state index is 6.23. The van der Waals surface area contributed by atoms with Gasteiger partial charge in [0, 0.05) is 18.1 Å². The zero-order chi connectivity index (χ0) is 13.4. The first-order valence-corrected chi connectivity index (χ1v) is 8.06. The molecule has 4 rings (SSSR count). The van der Waals surface area contributed by atoms with Gasteiger partial charge in [0.2, 0.25) is 0 Å². The molecule has 20 heavy (non-hydrogen) atoms. The molecule has 2 aliphatic heterocycles. The highest BCUT2D eigenvalue weighted by molar-refractivity contribution is 7.09. The highest BCUT2D eigenvalue weighted by Gasteiger charge is 2.40. The Morgan fingerprint density at radius 3 is 3.25 bits per heavy atom. The molecule has 0 aliphatic carbocycles. The van der Waals surface area contributed by atoms with E-state index in [4.69, 9.17) is 9.15 Å². The van der Waals surface area contributed by atoms with Gasteiger partial charge in [-0.3, -0.25) is 4.90 Å². The number of rotatable bonds is 3. The number of nitrogens with zero attached hydrogens (tertiary/aromatic N) is 2. The van der Waals surface area contributed by atoms with Crippen LogP contribution in [0.1, 0.15) is 29.7 Å². The third-order valence-corrected chi connectivity index (χ3v) is 5.19. The number of piperidine rings is 1. The molecule has 3 atom stereocenters. The molecule has 4 heterocycles. The second-order valence-corrected chi connectivity index (χ2v) is 6.56. The SMILES string of the molecule is c1coc(CN2CC[C@@H]3C[C@@H](c4nccs4)O[C@H]3C2)c1. The molecule has 0 unspecified atom stereocenters. The molecule has 5 heteroatoms. The van der Waals surface area contributed by atoms with Crippen molar-refractivity contribution in [1.82, 2.24) is 9.88 Å². The van der Waals surface area contributed by atoms with Crippen molar-refractivity contribution < 1.29 is 9.15 Å². The normalized spacial score (nSPS) is 30.5. The third kappa shape index (κ3) is 2.41. The molecule has 0 N–H and O–H groups in total. The summed E-state index contributed by atoms with van der Waals surface area (Å²) in [4.78, 5) is 6.84. The monoisotopic (exact) mass is 290 g/mol. The van der Waals surface area contributed by atoms with Crippen molar-refractivity contribution >= 4 is 11.3 Å². The Balaban J connectivity index is 1.40. The summed E-state index contributed by atoms with van der Waals surface area (Å²) in [7, 11) is 0. The Morgan fingerprint density at radius 1 is 1.45 bits per heavy atom. The molecule has 0 radical (unpaired) electrons. The van der Waals surface area contributed by atoms with Gasteiger partial charge in [-0.25, -0.2) is 4.98 Å². The quantitative estimate of drug-likeness (QED) is 0.870. The van der Waals surface area contributed by atoms with E-state index in [1.165, 1.54) is 6.42 Å². The molecule has 0 bridgehead atoms. The van der Waals surface area contributed by atoms with Crippen molar-refractivity contribution in [2.24, 2.45) is 5.92 Å². The summed E-state index contributed by atoms with van der Waals surface area (Å²) in [6, 6.07) is 3.99. The Hall–Kier alpha value is -1.17. The van der Waals surface area contributed by atoms with Crippen LogP contribution < -0.4 is 0 Å². The minimum absolute atomic E-state index is 0.216. The van der Waals surface area contributed by atoms with Crippen molar-refractivity contribution in [2.45, 2.75) is 31.6 Å². The van der Waals surface area contributed by atoms with Gasteiger partial charge in [-0.1, -0.05) is 0 Å². The summed E-state index contributed by atoms with van der Waals surface area (Å²) in [6.45, 7) is 3.03. The average Bonchev–Trinajstić information content (AvgIpc) is 3.19. The van der Waals surface area contributed by atoms with Gasteiger partial charge < -0.3 is 9.15 Å². The van der Waals surface area contributed by atoms with Crippen LogP contribution in [0.5, 0.6) is 0 Å². The zero-order valence-electron chi connectivity index (χ0n) is 11.3. The highest BCUT2D eigenvalue weighted by Crippen LogP contribution is 2.41. The van der Waals surface area contributed by atoms with Crippen LogP contribution >= 0.6 is 11.3 Å². The van der Waals surface area contributed by atoms with E-state index >= 15 is 0 Å². The van der Waals surface area contributed by atoms with Crippen LogP contribution in [0.2, 0.25) is 0 Å². The van der Waals surface area contributed by atoms with Crippen molar-refractivity contribution in [3.8, 4) is 0 Å². The summed E-state index contributed by atoms with van der Waals surface area (Å²) in [5.41, 5.74) is 0. The second-order valence-electron chi connectivity index (χ2n) is 5.63. The second kappa shape index (κ2) is 5.31. The van der Waals surface area contributed by atoms with E-state index in [0.717, 1.165) is 36.8 Å². The van der Waals surface area contributed by atoms with Crippen molar-refractivity contribution in [1.29, 1.82) is 0 Å². The van der Waals surface area contributed by atoms with E-state index in [1.54, 1.807) is 17.6 Å². The summed E-state index contributed by atoms with van der Waals surface area (Å²) in [5, 5.41) is 3.17. The van der Waals surface area contributed by atoms with Gasteiger partial charge >= 0.3 is 0 Å². The highest BCUT2D eigenvalue weighted by atomic mass is 32.1. The summed E-state index contributed by atoms with van der Waals surface area (Å²) in [5.74, 6) is 1.73.